The molecule has 44 heavy (non-hydrogen) atoms. The molecule has 3 nitrogen and oxygen atoms in total. The Labute approximate surface area is 273 Å². The molecule has 3 aliphatic heterocycles. The van der Waals surface area contributed by atoms with Crippen molar-refractivity contribution in [2.24, 2.45) is 5.92 Å². The summed E-state index contributed by atoms with van der Waals surface area (Å²) in [5.41, 5.74) is 0. The van der Waals surface area contributed by atoms with E-state index in [-0.39, 0.29) is 0 Å². The predicted molar refractivity (Wildman–Crippen MR) is 189 cm³/mol. The molecule has 250 valence electrons. The zero-order valence-electron chi connectivity index (χ0n) is 28.6. The Hall–Kier alpha value is -1.16. The van der Waals surface area contributed by atoms with Crippen molar-refractivity contribution in [3.8, 4) is 0 Å². The molecule has 0 amide bonds. The first-order chi connectivity index (χ1) is 21.9. The minimum atomic E-state index is 0.443. The average molecular weight is 608 g/mol. The number of rotatable bonds is 3. The summed E-state index contributed by atoms with van der Waals surface area (Å²) >= 11 is 0. The predicted octanol–water partition coefficient (Wildman–Crippen LogP) is 11.4. The monoisotopic (exact) mass is 608 g/mol. The van der Waals surface area contributed by atoms with E-state index in [0.29, 0.717) is 24.4 Å². The van der Waals surface area contributed by atoms with Crippen molar-refractivity contribution in [1.29, 1.82) is 0 Å². The molecule has 0 aromatic heterocycles. The van der Waals surface area contributed by atoms with Crippen LogP contribution >= 0.6 is 0 Å². The lowest BCUT2D eigenvalue weighted by Gasteiger charge is -2.38. The van der Waals surface area contributed by atoms with Gasteiger partial charge in [0.05, 0.1) is 24.9 Å². The minimum absolute atomic E-state index is 0.443. The van der Waals surface area contributed by atoms with Gasteiger partial charge >= 0.3 is 0 Å². The molecule has 0 spiro atoms. The van der Waals surface area contributed by atoms with Crippen LogP contribution < -0.4 is 0 Å². The first-order valence-corrected chi connectivity index (χ1v) is 19.5. The second kappa shape index (κ2) is 23.2. The summed E-state index contributed by atoms with van der Waals surface area (Å²) in [6.07, 6.45) is 52.5. The van der Waals surface area contributed by atoms with E-state index in [9.17, 15) is 0 Å². The number of piperidine rings is 1. The van der Waals surface area contributed by atoms with Crippen LogP contribution in [-0.2, 0) is 9.47 Å². The molecule has 0 N–H and O–H groups in total. The van der Waals surface area contributed by atoms with Gasteiger partial charge in [-0.15, -0.1) is 0 Å². The van der Waals surface area contributed by atoms with Crippen LogP contribution in [0.5, 0.6) is 0 Å². The molecule has 0 radical (unpaired) electrons. The van der Waals surface area contributed by atoms with Gasteiger partial charge in [-0.3, -0.25) is 4.90 Å². The number of fused-ring (bicyclic) bond motifs is 3. The van der Waals surface area contributed by atoms with Crippen molar-refractivity contribution in [1.82, 2.24) is 4.90 Å². The van der Waals surface area contributed by atoms with Gasteiger partial charge in [-0.05, 0) is 122 Å². The third-order valence-electron chi connectivity index (χ3n) is 10.9. The zero-order valence-corrected chi connectivity index (χ0v) is 28.6. The van der Waals surface area contributed by atoms with Gasteiger partial charge in [0.1, 0.15) is 0 Å². The Morgan fingerprint density at radius 1 is 0.477 bits per heavy atom. The van der Waals surface area contributed by atoms with Gasteiger partial charge < -0.3 is 9.47 Å². The molecule has 2 saturated heterocycles. The van der Waals surface area contributed by atoms with Crippen LogP contribution in [0.1, 0.15) is 161 Å². The number of hydrogen-bond acceptors (Lipinski definition) is 3. The number of ether oxygens (including phenoxy) is 2. The molecular formula is C41H69NO2. The Kier molecular flexibility index (Phi) is 18.8. The third-order valence-corrected chi connectivity index (χ3v) is 10.9. The van der Waals surface area contributed by atoms with E-state index in [1.54, 1.807) is 0 Å². The summed E-state index contributed by atoms with van der Waals surface area (Å²) < 4.78 is 13.5. The SMILES string of the molecule is C1=CC=CCC[C@@H]2CCCC(CCN3CCCC[C@H]3CO[C@H](CCC3CCCCC3)CCC/C=C/CCCCCCC=C1)O2. The molecule has 0 aromatic carbocycles. The summed E-state index contributed by atoms with van der Waals surface area (Å²) in [6.45, 7) is 3.37. The maximum Gasteiger partial charge on any atom is 0.0625 e. The van der Waals surface area contributed by atoms with Crippen LogP contribution in [0.25, 0.3) is 0 Å². The lowest BCUT2D eigenvalue weighted by molar-refractivity contribution is -0.0645. The lowest BCUT2D eigenvalue weighted by Crippen LogP contribution is -2.44. The van der Waals surface area contributed by atoms with Crippen molar-refractivity contribution >= 4 is 0 Å². The van der Waals surface area contributed by atoms with Crippen LogP contribution in [-0.4, -0.2) is 49.0 Å². The Morgan fingerprint density at radius 3 is 1.98 bits per heavy atom. The second-order valence-electron chi connectivity index (χ2n) is 14.5. The van der Waals surface area contributed by atoms with Gasteiger partial charge in [0.25, 0.3) is 0 Å². The third kappa shape index (κ3) is 15.4. The second-order valence-corrected chi connectivity index (χ2v) is 14.5. The van der Waals surface area contributed by atoms with Gasteiger partial charge in [-0.2, -0.15) is 0 Å². The molecule has 1 unspecified atom stereocenters. The van der Waals surface area contributed by atoms with Crippen LogP contribution in [0.3, 0.4) is 0 Å². The Morgan fingerprint density at radius 2 is 1.16 bits per heavy atom. The lowest BCUT2D eigenvalue weighted by atomic mass is 9.85. The number of hydrogen-bond donors (Lipinski definition) is 0. The van der Waals surface area contributed by atoms with Crippen LogP contribution in [0.15, 0.2) is 48.6 Å². The van der Waals surface area contributed by atoms with Crippen molar-refractivity contribution in [3.05, 3.63) is 48.6 Å². The molecule has 1 aliphatic carbocycles. The Balaban J connectivity index is 1.29. The topological polar surface area (TPSA) is 21.7 Å². The fourth-order valence-electron chi connectivity index (χ4n) is 8.05. The molecule has 3 heteroatoms. The molecule has 1 saturated carbocycles. The summed E-state index contributed by atoms with van der Waals surface area (Å²) in [5, 5.41) is 0. The van der Waals surface area contributed by atoms with E-state index in [0.717, 1.165) is 25.4 Å². The van der Waals surface area contributed by atoms with Gasteiger partial charge in [0.2, 0.25) is 0 Å². The largest absolute Gasteiger partial charge is 0.377 e. The van der Waals surface area contributed by atoms with E-state index in [2.05, 4.69) is 53.5 Å². The van der Waals surface area contributed by atoms with E-state index >= 15 is 0 Å². The number of allylic oxidation sites excluding steroid dienone is 8. The molecular weight excluding hydrogens is 538 g/mol. The van der Waals surface area contributed by atoms with Crippen molar-refractivity contribution in [2.75, 3.05) is 19.7 Å². The highest BCUT2D eigenvalue weighted by molar-refractivity contribution is 5.11. The van der Waals surface area contributed by atoms with Crippen LogP contribution in [0.2, 0.25) is 0 Å². The molecule has 4 aliphatic rings. The van der Waals surface area contributed by atoms with Gasteiger partial charge in [-0.1, -0.05) is 100.0 Å². The maximum atomic E-state index is 6.86. The standard InChI is InChI=1S/C41H69NO2/c1-2-4-6-8-10-12-14-19-27-39(32-31-37-24-17-16-18-25-37)43-36-38-26-21-22-34-42(38)35-33-41-30-23-29-40(44-41)28-20-15-13-11-9-7-5-3-1/h5,7,9-13,15,37-41H,1-4,6,8,14,16-36H2/b7-5?,11-9?,12-10+,15-13?/t38-,39-,40+,41?/m0/s1. The Bertz CT molecular complexity index is 824. The molecule has 4 rings (SSSR count). The average Bonchev–Trinajstić information content (AvgIpc) is 3.06. The highest BCUT2D eigenvalue weighted by Crippen LogP contribution is 2.30. The summed E-state index contributed by atoms with van der Waals surface area (Å²) in [7, 11) is 0. The molecule has 0 aromatic rings. The normalized spacial score (nSPS) is 31.7. The molecule has 4 atom stereocenters. The summed E-state index contributed by atoms with van der Waals surface area (Å²) in [4.78, 5) is 2.78. The minimum Gasteiger partial charge on any atom is -0.377 e. The smallest absolute Gasteiger partial charge is 0.0625 e. The van der Waals surface area contributed by atoms with Gasteiger partial charge in [0.15, 0.2) is 0 Å². The van der Waals surface area contributed by atoms with Crippen molar-refractivity contribution < 1.29 is 9.47 Å². The zero-order chi connectivity index (χ0) is 30.3. The highest BCUT2D eigenvalue weighted by atomic mass is 16.5. The van der Waals surface area contributed by atoms with E-state index in [4.69, 9.17) is 9.47 Å². The molecule has 3 heterocycles. The van der Waals surface area contributed by atoms with Crippen molar-refractivity contribution in [3.63, 3.8) is 0 Å². The van der Waals surface area contributed by atoms with Gasteiger partial charge in [0, 0.05) is 12.6 Å². The maximum absolute atomic E-state index is 6.86. The molecule has 3 fully saturated rings. The van der Waals surface area contributed by atoms with E-state index in [1.807, 2.05) is 0 Å². The van der Waals surface area contributed by atoms with Crippen LogP contribution in [0.4, 0.5) is 0 Å². The van der Waals surface area contributed by atoms with Crippen molar-refractivity contribution in [2.45, 2.75) is 185 Å². The summed E-state index contributed by atoms with van der Waals surface area (Å²) in [5.74, 6) is 0.955. The molecule has 2 bridgehead atoms. The fraction of sp³-hybridized carbons (Fsp3) is 0.805. The summed E-state index contributed by atoms with van der Waals surface area (Å²) in [6, 6.07) is 0.601. The van der Waals surface area contributed by atoms with Crippen LogP contribution in [0, 0.1) is 5.92 Å². The fourth-order valence-corrected chi connectivity index (χ4v) is 8.05. The van der Waals surface area contributed by atoms with Gasteiger partial charge in [-0.25, -0.2) is 0 Å². The first kappa shape index (κ1) is 35.7. The first-order valence-electron chi connectivity index (χ1n) is 19.5. The van der Waals surface area contributed by atoms with E-state index in [1.165, 1.54) is 161 Å². The highest BCUT2D eigenvalue weighted by Gasteiger charge is 2.27. The quantitative estimate of drug-likeness (QED) is 0.298. The number of nitrogens with zero attached hydrogens (tertiary/aromatic N) is 1. The van der Waals surface area contributed by atoms with E-state index < -0.39 is 0 Å².